The molecule has 118 valence electrons. The molecule has 2 unspecified atom stereocenters. The van der Waals surface area contributed by atoms with Crippen molar-refractivity contribution in [2.75, 3.05) is 33.3 Å². The molecular weight excluding hydrogens is 260 g/mol. The molecule has 3 heteroatoms. The first-order chi connectivity index (χ1) is 10.1. The number of hydrogen-bond acceptors (Lipinski definition) is 3. The zero-order valence-corrected chi connectivity index (χ0v) is 14.0. The third-order valence-corrected chi connectivity index (χ3v) is 4.43. The summed E-state index contributed by atoms with van der Waals surface area (Å²) in [5.74, 6) is 0. The molecule has 2 atom stereocenters. The first kappa shape index (κ1) is 16.5. The van der Waals surface area contributed by atoms with E-state index in [4.69, 9.17) is 4.74 Å². The quantitative estimate of drug-likeness (QED) is 0.871. The maximum Gasteiger partial charge on any atom is 0.0858 e. The summed E-state index contributed by atoms with van der Waals surface area (Å²) < 4.78 is 6.03. The summed E-state index contributed by atoms with van der Waals surface area (Å²) in [6.45, 7) is 10.5. The van der Waals surface area contributed by atoms with Crippen LogP contribution in [0, 0.1) is 13.8 Å². The largest absolute Gasteiger partial charge is 0.374 e. The Kier molecular flexibility index (Phi) is 6.22. The number of rotatable bonds is 6. The van der Waals surface area contributed by atoms with Crippen molar-refractivity contribution in [1.82, 2.24) is 10.2 Å². The van der Waals surface area contributed by atoms with Crippen molar-refractivity contribution < 1.29 is 4.74 Å². The van der Waals surface area contributed by atoms with Crippen LogP contribution in [0.15, 0.2) is 18.2 Å². The Labute approximate surface area is 129 Å². The number of ether oxygens (including phenoxy) is 1. The van der Waals surface area contributed by atoms with Crippen LogP contribution >= 0.6 is 0 Å². The van der Waals surface area contributed by atoms with Crippen LogP contribution in [0.2, 0.25) is 0 Å². The minimum Gasteiger partial charge on any atom is -0.374 e. The summed E-state index contributed by atoms with van der Waals surface area (Å²) in [6, 6.07) is 7.21. The van der Waals surface area contributed by atoms with Gasteiger partial charge in [0, 0.05) is 19.1 Å². The molecule has 0 aliphatic carbocycles. The Morgan fingerprint density at radius 2 is 2.14 bits per heavy atom. The maximum atomic E-state index is 6.03. The van der Waals surface area contributed by atoms with E-state index in [1.165, 1.54) is 16.7 Å². The van der Waals surface area contributed by atoms with E-state index in [9.17, 15) is 0 Å². The average Bonchev–Trinajstić information content (AvgIpc) is 2.47. The van der Waals surface area contributed by atoms with Crippen molar-refractivity contribution in [2.45, 2.75) is 45.8 Å². The fraction of sp³-hybridized carbons (Fsp3) is 0.667. The summed E-state index contributed by atoms with van der Waals surface area (Å²) in [5.41, 5.74) is 4.15. The van der Waals surface area contributed by atoms with Gasteiger partial charge in [0.1, 0.15) is 0 Å². The Morgan fingerprint density at radius 1 is 1.33 bits per heavy atom. The molecule has 1 aliphatic heterocycles. The van der Waals surface area contributed by atoms with Gasteiger partial charge in [-0.15, -0.1) is 0 Å². The lowest BCUT2D eigenvalue weighted by Crippen LogP contribution is -2.52. The van der Waals surface area contributed by atoms with Gasteiger partial charge < -0.3 is 15.0 Å². The molecule has 0 amide bonds. The molecule has 1 saturated heterocycles. The Morgan fingerprint density at radius 3 is 2.81 bits per heavy atom. The molecule has 1 aromatic rings. The Hall–Kier alpha value is -0.900. The van der Waals surface area contributed by atoms with E-state index in [2.05, 4.69) is 56.2 Å². The fourth-order valence-electron chi connectivity index (χ4n) is 2.90. The molecule has 0 saturated carbocycles. The van der Waals surface area contributed by atoms with E-state index in [0.29, 0.717) is 6.04 Å². The molecular formula is C18H30N2O. The van der Waals surface area contributed by atoms with Crippen LogP contribution in [-0.4, -0.2) is 50.3 Å². The minimum absolute atomic E-state index is 0.289. The lowest BCUT2D eigenvalue weighted by molar-refractivity contribution is -0.0383. The summed E-state index contributed by atoms with van der Waals surface area (Å²) in [4.78, 5) is 2.37. The van der Waals surface area contributed by atoms with Crippen LogP contribution in [0.5, 0.6) is 0 Å². The highest BCUT2D eigenvalue weighted by atomic mass is 16.5. The molecule has 0 bridgehead atoms. The second-order valence-electron chi connectivity index (χ2n) is 6.35. The molecule has 1 aromatic carbocycles. The highest BCUT2D eigenvalue weighted by Crippen LogP contribution is 2.16. The van der Waals surface area contributed by atoms with Crippen molar-refractivity contribution >= 4 is 0 Å². The van der Waals surface area contributed by atoms with Crippen molar-refractivity contribution in [2.24, 2.45) is 0 Å². The second-order valence-corrected chi connectivity index (χ2v) is 6.35. The molecule has 1 aliphatic rings. The third-order valence-electron chi connectivity index (χ3n) is 4.43. The molecule has 2 rings (SSSR count). The monoisotopic (exact) mass is 290 g/mol. The lowest BCUT2D eigenvalue weighted by atomic mass is 9.97. The number of benzene rings is 1. The van der Waals surface area contributed by atoms with Crippen LogP contribution in [-0.2, 0) is 11.2 Å². The zero-order chi connectivity index (χ0) is 15.2. The van der Waals surface area contributed by atoms with Gasteiger partial charge in [0.25, 0.3) is 0 Å². The molecule has 3 nitrogen and oxygen atoms in total. The van der Waals surface area contributed by atoms with Crippen LogP contribution in [0.1, 0.15) is 30.0 Å². The second kappa shape index (κ2) is 7.92. The highest BCUT2D eigenvalue weighted by molar-refractivity contribution is 5.30. The predicted molar refractivity (Wildman–Crippen MR) is 88.9 cm³/mol. The van der Waals surface area contributed by atoms with E-state index in [1.54, 1.807) is 0 Å². The smallest absolute Gasteiger partial charge is 0.0858 e. The topological polar surface area (TPSA) is 24.5 Å². The van der Waals surface area contributed by atoms with Crippen molar-refractivity contribution in [3.63, 3.8) is 0 Å². The Balaban J connectivity index is 2.05. The normalized spacial score (nSPS) is 21.4. The molecule has 21 heavy (non-hydrogen) atoms. The first-order valence-electron chi connectivity index (χ1n) is 8.19. The molecule has 0 radical (unpaired) electrons. The van der Waals surface area contributed by atoms with E-state index in [1.807, 2.05) is 0 Å². The zero-order valence-electron chi connectivity index (χ0n) is 14.0. The summed E-state index contributed by atoms with van der Waals surface area (Å²) in [6.07, 6.45) is 2.49. The van der Waals surface area contributed by atoms with E-state index in [0.717, 1.165) is 39.1 Å². The number of morpholine rings is 1. The first-order valence-corrected chi connectivity index (χ1v) is 8.19. The van der Waals surface area contributed by atoms with Gasteiger partial charge in [-0.3, -0.25) is 0 Å². The Bertz CT molecular complexity index is 447. The summed E-state index contributed by atoms with van der Waals surface area (Å²) in [7, 11) is 2.18. The molecule has 0 aromatic heterocycles. The lowest BCUT2D eigenvalue weighted by Gasteiger charge is -2.36. The summed E-state index contributed by atoms with van der Waals surface area (Å²) >= 11 is 0. The van der Waals surface area contributed by atoms with E-state index in [-0.39, 0.29) is 6.10 Å². The van der Waals surface area contributed by atoms with Gasteiger partial charge in [0.2, 0.25) is 0 Å². The van der Waals surface area contributed by atoms with Gasteiger partial charge in [-0.05, 0) is 57.0 Å². The number of hydrogen-bond donors (Lipinski definition) is 1. The average molecular weight is 290 g/mol. The van der Waals surface area contributed by atoms with Crippen molar-refractivity contribution in [3.05, 3.63) is 34.9 Å². The number of nitrogens with one attached hydrogen (secondary N) is 1. The van der Waals surface area contributed by atoms with Gasteiger partial charge in [-0.1, -0.05) is 25.1 Å². The molecule has 0 spiro atoms. The SMILES string of the molecule is CCCNC(Cc1ccc(C)c(C)c1)C1CN(C)CCO1. The predicted octanol–water partition coefficient (Wildman–Crippen LogP) is 2.54. The van der Waals surface area contributed by atoms with Crippen molar-refractivity contribution in [3.8, 4) is 0 Å². The molecule has 1 fully saturated rings. The highest BCUT2D eigenvalue weighted by Gasteiger charge is 2.26. The van der Waals surface area contributed by atoms with Crippen LogP contribution in [0.4, 0.5) is 0 Å². The maximum absolute atomic E-state index is 6.03. The fourth-order valence-corrected chi connectivity index (χ4v) is 2.90. The van der Waals surface area contributed by atoms with Gasteiger partial charge in [-0.2, -0.15) is 0 Å². The standard InChI is InChI=1S/C18H30N2O/c1-5-8-19-17(18-13-20(4)9-10-21-18)12-16-7-6-14(2)15(3)11-16/h6-7,11,17-19H,5,8-10,12-13H2,1-4H3. The van der Waals surface area contributed by atoms with Crippen molar-refractivity contribution in [1.29, 1.82) is 0 Å². The van der Waals surface area contributed by atoms with Gasteiger partial charge in [0.15, 0.2) is 0 Å². The third kappa shape index (κ3) is 4.80. The van der Waals surface area contributed by atoms with Gasteiger partial charge in [-0.25, -0.2) is 0 Å². The van der Waals surface area contributed by atoms with Crippen LogP contribution in [0.25, 0.3) is 0 Å². The number of likely N-dealkylation sites (N-methyl/N-ethyl adjacent to an activating group) is 1. The number of aryl methyl sites for hydroxylation is 2. The molecule has 1 heterocycles. The minimum atomic E-state index is 0.289. The van der Waals surface area contributed by atoms with Crippen LogP contribution < -0.4 is 5.32 Å². The number of nitrogens with zero attached hydrogens (tertiary/aromatic N) is 1. The van der Waals surface area contributed by atoms with Crippen LogP contribution in [0.3, 0.4) is 0 Å². The van der Waals surface area contributed by atoms with Gasteiger partial charge in [0.05, 0.1) is 12.7 Å². The molecule has 1 N–H and O–H groups in total. The summed E-state index contributed by atoms with van der Waals surface area (Å²) in [5, 5.41) is 3.69. The van der Waals surface area contributed by atoms with E-state index >= 15 is 0 Å². The van der Waals surface area contributed by atoms with E-state index < -0.39 is 0 Å². The van der Waals surface area contributed by atoms with Gasteiger partial charge >= 0.3 is 0 Å².